The number of hydrogen-bond donors (Lipinski definition) is 1. The van der Waals surface area contributed by atoms with Gasteiger partial charge in [0.15, 0.2) is 0 Å². The van der Waals surface area contributed by atoms with Gasteiger partial charge in [0.05, 0.1) is 6.10 Å². The van der Waals surface area contributed by atoms with E-state index in [2.05, 4.69) is 45.0 Å². The van der Waals surface area contributed by atoms with Crippen LogP contribution < -0.4 is 10.4 Å². The van der Waals surface area contributed by atoms with Crippen LogP contribution >= 0.6 is 0 Å². The molecule has 0 aromatic heterocycles. The Labute approximate surface area is 162 Å². The van der Waals surface area contributed by atoms with Gasteiger partial charge in [0.2, 0.25) is 0 Å². The van der Waals surface area contributed by atoms with Gasteiger partial charge in [-0.3, -0.25) is 0 Å². The highest BCUT2D eigenvalue weighted by atomic mass is 28.4. The van der Waals surface area contributed by atoms with E-state index in [9.17, 15) is 9.90 Å². The van der Waals surface area contributed by atoms with E-state index in [0.29, 0.717) is 25.9 Å². The van der Waals surface area contributed by atoms with E-state index in [1.165, 1.54) is 0 Å². The van der Waals surface area contributed by atoms with Crippen molar-refractivity contribution in [3.8, 4) is 0 Å². The van der Waals surface area contributed by atoms with Crippen molar-refractivity contribution in [1.29, 1.82) is 0 Å². The largest absolute Gasteiger partial charge is 0.494 e. The lowest BCUT2D eigenvalue weighted by Gasteiger charge is -2.43. The van der Waals surface area contributed by atoms with E-state index >= 15 is 0 Å². The Balaban J connectivity index is 2.05. The highest BCUT2D eigenvalue weighted by Crippen LogP contribution is 2.37. The lowest BCUT2D eigenvalue weighted by molar-refractivity contribution is 0.0786. The highest BCUT2D eigenvalue weighted by molar-refractivity contribution is 7.00. The molecule has 1 aliphatic rings. The number of amides is 1. The molecule has 2 aromatic rings. The molecule has 0 saturated carbocycles. The number of rotatable bonds is 3. The van der Waals surface area contributed by atoms with Gasteiger partial charge in [0.1, 0.15) is 0 Å². The second-order valence-electron chi connectivity index (χ2n) is 8.25. The first kappa shape index (κ1) is 19.6. The summed E-state index contributed by atoms with van der Waals surface area (Å²) < 4.78 is 6.49. The number of carbonyl (C=O) groups is 1. The smallest absolute Gasteiger partial charge is 0.396 e. The van der Waals surface area contributed by atoms with Crippen LogP contribution in [0.2, 0.25) is 5.04 Å². The Morgan fingerprint density at radius 3 is 1.81 bits per heavy atom. The third-order valence-corrected chi connectivity index (χ3v) is 10.3. The molecule has 144 valence electrons. The first-order valence-corrected chi connectivity index (χ1v) is 11.5. The van der Waals surface area contributed by atoms with Crippen LogP contribution in [0.25, 0.3) is 0 Å². The molecule has 4 nitrogen and oxygen atoms in total. The van der Waals surface area contributed by atoms with Gasteiger partial charge >= 0.3 is 14.4 Å². The zero-order valence-corrected chi connectivity index (χ0v) is 17.4. The number of likely N-dealkylation sites (tertiary alicyclic amines) is 1. The number of aliphatic hydroxyl groups excluding tert-OH is 1. The van der Waals surface area contributed by atoms with Gasteiger partial charge in [-0.05, 0) is 28.3 Å². The van der Waals surface area contributed by atoms with Crippen LogP contribution in [0, 0.1) is 0 Å². The number of aliphatic hydroxyl groups is 1. The van der Waals surface area contributed by atoms with Crippen LogP contribution in [0.4, 0.5) is 4.79 Å². The molecule has 0 aliphatic carbocycles. The average molecular weight is 384 g/mol. The van der Waals surface area contributed by atoms with Crippen LogP contribution in [0.1, 0.15) is 33.6 Å². The molecule has 5 heteroatoms. The summed E-state index contributed by atoms with van der Waals surface area (Å²) in [7, 11) is -2.87. The standard InChI is InChI=1S/C22H29NO3Si/c1-22(2,3)27(19-10-6-4-7-11-19,20-12-8-5-9-13-20)26-21(25)23-16-14-18(24)15-17-23/h4-13,18,24H,14-17H2,1-3H3. The second-order valence-corrected chi connectivity index (χ2v) is 12.5. The molecular weight excluding hydrogens is 354 g/mol. The maximum atomic E-state index is 13.2. The van der Waals surface area contributed by atoms with Crippen LogP contribution in [-0.2, 0) is 4.43 Å². The van der Waals surface area contributed by atoms with E-state index in [-0.39, 0.29) is 17.2 Å². The fourth-order valence-electron chi connectivity index (χ4n) is 3.89. The molecule has 1 saturated heterocycles. The quantitative estimate of drug-likeness (QED) is 0.829. The molecule has 0 unspecified atom stereocenters. The fraction of sp³-hybridized carbons (Fsp3) is 0.409. The van der Waals surface area contributed by atoms with Gasteiger partial charge in [0, 0.05) is 13.1 Å². The van der Waals surface area contributed by atoms with Crippen molar-refractivity contribution < 1.29 is 14.3 Å². The summed E-state index contributed by atoms with van der Waals surface area (Å²) in [6.07, 6.45) is 0.629. The molecule has 3 rings (SSSR count). The molecule has 0 radical (unpaired) electrons. The summed E-state index contributed by atoms with van der Waals surface area (Å²) in [6, 6.07) is 20.3. The van der Waals surface area contributed by atoms with Gasteiger partial charge in [0.25, 0.3) is 0 Å². The Morgan fingerprint density at radius 1 is 0.963 bits per heavy atom. The van der Waals surface area contributed by atoms with Gasteiger partial charge in [-0.2, -0.15) is 0 Å². The number of carbonyl (C=O) groups excluding carboxylic acids is 1. The molecule has 0 atom stereocenters. The summed E-state index contributed by atoms with van der Waals surface area (Å²) in [6.45, 7) is 7.56. The first-order chi connectivity index (χ1) is 12.8. The molecule has 1 heterocycles. The molecule has 0 bridgehead atoms. The monoisotopic (exact) mass is 383 g/mol. The lowest BCUT2D eigenvalue weighted by atomic mass is 10.1. The minimum Gasteiger partial charge on any atom is -0.494 e. The predicted octanol–water partition coefficient (Wildman–Crippen LogP) is 3.14. The summed E-state index contributed by atoms with van der Waals surface area (Å²) in [4.78, 5) is 14.9. The fourth-order valence-corrected chi connectivity index (χ4v) is 8.22. The minimum absolute atomic E-state index is 0.235. The number of hydrogen-bond acceptors (Lipinski definition) is 3. The topological polar surface area (TPSA) is 49.8 Å². The number of piperidine rings is 1. The molecular formula is C22H29NO3Si. The SMILES string of the molecule is CC(C)(C)[Si](OC(=O)N1CCC(O)CC1)(c1ccccc1)c1ccccc1. The van der Waals surface area contributed by atoms with Gasteiger partial charge in [-0.25, -0.2) is 4.79 Å². The van der Waals surface area contributed by atoms with Crippen molar-refractivity contribution in [3.63, 3.8) is 0 Å². The summed E-state index contributed by atoms with van der Waals surface area (Å²) in [5.41, 5.74) is 0. The first-order valence-electron chi connectivity index (χ1n) is 9.61. The lowest BCUT2D eigenvalue weighted by Crippen LogP contribution is -2.68. The molecule has 1 aliphatic heterocycles. The molecule has 27 heavy (non-hydrogen) atoms. The van der Waals surface area contributed by atoms with Crippen molar-refractivity contribution >= 4 is 24.8 Å². The van der Waals surface area contributed by atoms with Crippen LogP contribution in [0.3, 0.4) is 0 Å². The maximum Gasteiger partial charge on any atom is 0.396 e. The second kappa shape index (κ2) is 7.86. The number of nitrogens with zero attached hydrogens (tertiary/aromatic N) is 1. The third kappa shape index (κ3) is 3.94. The molecule has 1 amide bonds. The van der Waals surface area contributed by atoms with Gasteiger partial charge < -0.3 is 14.4 Å². The van der Waals surface area contributed by atoms with Crippen molar-refractivity contribution in [2.75, 3.05) is 13.1 Å². The molecule has 0 spiro atoms. The van der Waals surface area contributed by atoms with Crippen LogP contribution in [0.5, 0.6) is 0 Å². The summed E-state index contributed by atoms with van der Waals surface area (Å²) >= 11 is 0. The average Bonchev–Trinajstić information content (AvgIpc) is 2.67. The third-order valence-electron chi connectivity index (χ3n) is 5.38. The van der Waals surface area contributed by atoms with Crippen molar-refractivity contribution in [2.24, 2.45) is 0 Å². The molecule has 2 aromatic carbocycles. The van der Waals surface area contributed by atoms with Crippen LogP contribution in [-0.4, -0.2) is 43.6 Å². The van der Waals surface area contributed by atoms with E-state index < -0.39 is 8.32 Å². The molecule has 1 N–H and O–H groups in total. The zero-order valence-electron chi connectivity index (χ0n) is 16.4. The van der Waals surface area contributed by atoms with Crippen molar-refractivity contribution in [3.05, 3.63) is 60.7 Å². The highest BCUT2D eigenvalue weighted by Gasteiger charge is 2.53. The summed E-state index contributed by atoms with van der Waals surface area (Å²) in [5, 5.41) is 11.7. The zero-order chi connectivity index (χ0) is 19.5. The predicted molar refractivity (Wildman–Crippen MR) is 111 cm³/mol. The van der Waals surface area contributed by atoms with Crippen molar-refractivity contribution in [1.82, 2.24) is 4.90 Å². The minimum atomic E-state index is -2.87. The normalized spacial score (nSPS) is 16.2. The molecule has 1 fully saturated rings. The van der Waals surface area contributed by atoms with E-state index in [0.717, 1.165) is 10.4 Å². The Morgan fingerprint density at radius 2 is 1.41 bits per heavy atom. The van der Waals surface area contributed by atoms with E-state index in [1.54, 1.807) is 4.90 Å². The van der Waals surface area contributed by atoms with Gasteiger partial charge in [-0.1, -0.05) is 81.4 Å². The van der Waals surface area contributed by atoms with Crippen molar-refractivity contribution in [2.45, 2.75) is 44.8 Å². The Kier molecular flexibility index (Phi) is 5.72. The Bertz CT molecular complexity index is 711. The van der Waals surface area contributed by atoms with E-state index in [4.69, 9.17) is 4.43 Å². The maximum absolute atomic E-state index is 13.2. The van der Waals surface area contributed by atoms with E-state index in [1.807, 2.05) is 36.4 Å². The summed E-state index contributed by atoms with van der Waals surface area (Å²) in [5.74, 6) is 0. The van der Waals surface area contributed by atoms with Crippen LogP contribution in [0.15, 0.2) is 60.7 Å². The van der Waals surface area contributed by atoms with Gasteiger partial charge in [-0.15, -0.1) is 0 Å². The number of benzene rings is 2. The Hall–Kier alpha value is -2.11.